The van der Waals surface area contributed by atoms with Gasteiger partial charge in [-0.25, -0.2) is 0 Å². The third-order valence-electron chi connectivity index (χ3n) is 4.20. The molecule has 0 radical (unpaired) electrons. The molecule has 1 rings (SSSR count). The molecular weight excluding hydrogens is 250 g/mol. The fourth-order valence-corrected chi connectivity index (χ4v) is 2.93. The molecule has 1 atom stereocenters. The lowest BCUT2D eigenvalue weighted by Gasteiger charge is -2.34. The fraction of sp³-hybridized carbons (Fsp3) is 1.00. The molecule has 0 aromatic rings. The Morgan fingerprint density at radius 1 is 1.20 bits per heavy atom. The summed E-state index contributed by atoms with van der Waals surface area (Å²) in [7, 11) is 4.30. The van der Waals surface area contributed by atoms with E-state index < -0.39 is 0 Å². The fourth-order valence-electron chi connectivity index (χ4n) is 2.93. The maximum absolute atomic E-state index is 5.70. The molecule has 0 aromatic carbocycles. The second-order valence-corrected chi connectivity index (χ2v) is 6.50. The molecule has 0 bridgehead atoms. The van der Waals surface area contributed by atoms with Gasteiger partial charge in [-0.15, -0.1) is 0 Å². The largest absolute Gasteiger partial charge is 0.381 e. The van der Waals surface area contributed by atoms with Crippen LogP contribution in [0.3, 0.4) is 0 Å². The Morgan fingerprint density at radius 2 is 2.00 bits per heavy atom. The highest BCUT2D eigenvalue weighted by molar-refractivity contribution is 4.88. The van der Waals surface area contributed by atoms with Crippen LogP contribution in [-0.4, -0.2) is 76.4 Å². The van der Waals surface area contributed by atoms with Gasteiger partial charge in [0.15, 0.2) is 0 Å². The van der Waals surface area contributed by atoms with E-state index in [4.69, 9.17) is 4.74 Å². The highest BCUT2D eigenvalue weighted by atomic mass is 16.5. The van der Waals surface area contributed by atoms with E-state index in [1.54, 1.807) is 0 Å². The van der Waals surface area contributed by atoms with Crippen LogP contribution >= 0.6 is 0 Å². The van der Waals surface area contributed by atoms with E-state index in [1.807, 2.05) is 0 Å². The molecule has 4 heteroatoms. The van der Waals surface area contributed by atoms with Crippen molar-refractivity contribution in [3.05, 3.63) is 0 Å². The Hall–Kier alpha value is -0.160. The first-order chi connectivity index (χ1) is 9.62. The van der Waals surface area contributed by atoms with Gasteiger partial charge in [0.2, 0.25) is 0 Å². The lowest BCUT2D eigenvalue weighted by atomic mass is 9.86. The van der Waals surface area contributed by atoms with Crippen LogP contribution in [0.1, 0.15) is 33.1 Å². The van der Waals surface area contributed by atoms with Crippen molar-refractivity contribution >= 4 is 0 Å². The van der Waals surface area contributed by atoms with Crippen molar-refractivity contribution in [2.75, 3.05) is 66.6 Å². The summed E-state index contributed by atoms with van der Waals surface area (Å²) in [5.41, 5.74) is 0.337. The van der Waals surface area contributed by atoms with Gasteiger partial charge in [-0.05, 0) is 59.5 Å². The predicted octanol–water partition coefficient (Wildman–Crippen LogP) is 1.67. The van der Waals surface area contributed by atoms with Crippen LogP contribution in [0.25, 0.3) is 0 Å². The standard InChI is InChI=1S/C16H35N3O/c1-5-9-17-13-16(8-12-20-15-16)14-19(6-2)11-7-10-18(3)4/h17H,5-15H2,1-4H3. The second kappa shape index (κ2) is 9.72. The van der Waals surface area contributed by atoms with Gasteiger partial charge in [-0.2, -0.15) is 0 Å². The molecule has 1 saturated heterocycles. The SMILES string of the molecule is CCCNCC1(CN(CC)CCCN(C)C)CCOC1. The summed E-state index contributed by atoms with van der Waals surface area (Å²) in [6, 6.07) is 0. The topological polar surface area (TPSA) is 27.7 Å². The molecule has 0 spiro atoms. The summed E-state index contributed by atoms with van der Waals surface area (Å²) in [4.78, 5) is 4.87. The quantitative estimate of drug-likeness (QED) is 0.584. The summed E-state index contributed by atoms with van der Waals surface area (Å²) < 4.78 is 5.70. The van der Waals surface area contributed by atoms with Crippen LogP contribution in [-0.2, 0) is 4.74 Å². The summed E-state index contributed by atoms with van der Waals surface area (Å²) >= 11 is 0. The first kappa shape index (κ1) is 17.9. The first-order valence-electron chi connectivity index (χ1n) is 8.27. The Morgan fingerprint density at radius 3 is 2.55 bits per heavy atom. The van der Waals surface area contributed by atoms with Gasteiger partial charge < -0.3 is 19.9 Å². The average molecular weight is 285 g/mol. The van der Waals surface area contributed by atoms with Gasteiger partial charge in [0.1, 0.15) is 0 Å². The van der Waals surface area contributed by atoms with E-state index >= 15 is 0 Å². The van der Waals surface area contributed by atoms with Gasteiger partial charge in [-0.3, -0.25) is 0 Å². The van der Waals surface area contributed by atoms with E-state index in [-0.39, 0.29) is 0 Å². The summed E-state index contributed by atoms with van der Waals surface area (Å²) in [5.74, 6) is 0. The van der Waals surface area contributed by atoms with Crippen LogP contribution in [0, 0.1) is 5.41 Å². The van der Waals surface area contributed by atoms with Crippen LogP contribution < -0.4 is 5.32 Å². The molecule has 0 aliphatic carbocycles. The molecule has 1 aliphatic rings. The van der Waals surface area contributed by atoms with Crippen molar-refractivity contribution in [1.82, 2.24) is 15.1 Å². The van der Waals surface area contributed by atoms with Gasteiger partial charge in [0.05, 0.1) is 6.61 Å². The predicted molar refractivity (Wildman–Crippen MR) is 86.3 cm³/mol. The molecule has 0 saturated carbocycles. The zero-order valence-corrected chi connectivity index (χ0v) is 14.1. The third-order valence-corrected chi connectivity index (χ3v) is 4.20. The summed E-state index contributed by atoms with van der Waals surface area (Å²) in [5, 5.41) is 3.61. The van der Waals surface area contributed by atoms with E-state index in [0.717, 1.165) is 32.8 Å². The number of nitrogens with one attached hydrogen (secondary N) is 1. The van der Waals surface area contributed by atoms with Crippen LogP contribution in [0.15, 0.2) is 0 Å². The summed E-state index contributed by atoms with van der Waals surface area (Å²) in [6.07, 6.45) is 3.66. The highest BCUT2D eigenvalue weighted by Crippen LogP contribution is 2.29. The van der Waals surface area contributed by atoms with E-state index in [2.05, 4.69) is 43.1 Å². The average Bonchev–Trinajstić information content (AvgIpc) is 2.86. The zero-order valence-electron chi connectivity index (χ0n) is 14.1. The number of nitrogens with zero attached hydrogens (tertiary/aromatic N) is 2. The van der Waals surface area contributed by atoms with Crippen LogP contribution in [0.5, 0.6) is 0 Å². The minimum absolute atomic E-state index is 0.337. The monoisotopic (exact) mass is 285 g/mol. The Bertz CT molecular complexity index is 240. The smallest absolute Gasteiger partial charge is 0.0547 e. The molecule has 1 heterocycles. The molecule has 0 amide bonds. The Labute approximate surface area is 125 Å². The molecule has 120 valence electrons. The van der Waals surface area contributed by atoms with Gasteiger partial charge in [0, 0.05) is 25.1 Å². The van der Waals surface area contributed by atoms with Crippen molar-refractivity contribution < 1.29 is 4.74 Å². The van der Waals surface area contributed by atoms with Crippen LogP contribution in [0.4, 0.5) is 0 Å². The highest BCUT2D eigenvalue weighted by Gasteiger charge is 2.35. The molecule has 1 aliphatic heterocycles. The van der Waals surface area contributed by atoms with Gasteiger partial charge >= 0.3 is 0 Å². The number of hydrogen-bond acceptors (Lipinski definition) is 4. The Kier molecular flexibility index (Phi) is 8.69. The maximum atomic E-state index is 5.70. The molecule has 1 N–H and O–H groups in total. The van der Waals surface area contributed by atoms with Crippen molar-refractivity contribution in [2.24, 2.45) is 5.41 Å². The van der Waals surface area contributed by atoms with Crippen molar-refractivity contribution in [3.8, 4) is 0 Å². The normalized spacial score (nSPS) is 23.1. The van der Waals surface area contributed by atoms with Crippen LogP contribution in [0.2, 0.25) is 0 Å². The lowest BCUT2D eigenvalue weighted by molar-refractivity contribution is 0.109. The molecule has 4 nitrogen and oxygen atoms in total. The lowest BCUT2D eigenvalue weighted by Crippen LogP contribution is -2.45. The van der Waals surface area contributed by atoms with Gasteiger partial charge in [0.25, 0.3) is 0 Å². The molecular formula is C16H35N3O. The van der Waals surface area contributed by atoms with E-state index in [0.29, 0.717) is 5.41 Å². The zero-order chi connectivity index (χ0) is 14.8. The first-order valence-corrected chi connectivity index (χ1v) is 8.27. The minimum atomic E-state index is 0.337. The molecule has 1 fully saturated rings. The number of ether oxygens (including phenoxy) is 1. The molecule has 1 unspecified atom stereocenters. The van der Waals surface area contributed by atoms with Crippen molar-refractivity contribution in [1.29, 1.82) is 0 Å². The van der Waals surface area contributed by atoms with E-state index in [1.165, 1.54) is 38.9 Å². The van der Waals surface area contributed by atoms with E-state index in [9.17, 15) is 0 Å². The Balaban J connectivity index is 2.40. The molecule has 20 heavy (non-hydrogen) atoms. The second-order valence-electron chi connectivity index (χ2n) is 6.50. The minimum Gasteiger partial charge on any atom is -0.381 e. The third kappa shape index (κ3) is 6.53. The number of rotatable bonds is 11. The number of hydrogen-bond donors (Lipinski definition) is 1. The maximum Gasteiger partial charge on any atom is 0.0547 e. The molecule has 0 aromatic heterocycles. The van der Waals surface area contributed by atoms with Gasteiger partial charge in [-0.1, -0.05) is 13.8 Å². The summed E-state index contributed by atoms with van der Waals surface area (Å²) in [6.45, 7) is 13.3. The van der Waals surface area contributed by atoms with Crippen molar-refractivity contribution in [2.45, 2.75) is 33.1 Å². The van der Waals surface area contributed by atoms with Crippen molar-refractivity contribution in [3.63, 3.8) is 0 Å².